The number of hydrogen-bond donors (Lipinski definition) is 0. The van der Waals surface area contributed by atoms with Crippen molar-refractivity contribution in [1.82, 2.24) is 0 Å². The summed E-state index contributed by atoms with van der Waals surface area (Å²) in [6.07, 6.45) is 3.39. The van der Waals surface area contributed by atoms with Gasteiger partial charge in [-0.05, 0) is 35.8 Å². The summed E-state index contributed by atoms with van der Waals surface area (Å²) in [5.41, 5.74) is 2.51. The Morgan fingerprint density at radius 1 is 0.778 bits per heavy atom. The smallest absolute Gasteiger partial charge is 0.126 e. The second kappa shape index (κ2) is 5.97. The van der Waals surface area contributed by atoms with Crippen LogP contribution in [-0.4, -0.2) is 0 Å². The topological polar surface area (TPSA) is 0 Å². The van der Waals surface area contributed by atoms with Gasteiger partial charge in [-0.15, -0.1) is 0 Å². The van der Waals surface area contributed by atoms with Crippen LogP contribution in [0.2, 0.25) is 0 Å². The fraction of sp³-hybridized carbons (Fsp3) is 0.0588. The van der Waals surface area contributed by atoms with E-state index in [1.54, 1.807) is 13.0 Å². The molecule has 0 radical (unpaired) electrons. The lowest BCUT2D eigenvalue weighted by atomic mass is 10.1. The molecule has 2 aromatic rings. The van der Waals surface area contributed by atoms with Crippen molar-refractivity contribution in [2.45, 2.75) is 6.92 Å². The van der Waals surface area contributed by atoms with Crippen molar-refractivity contribution in [2.24, 2.45) is 0 Å². The lowest BCUT2D eigenvalue weighted by molar-refractivity contribution is 0.660. The van der Waals surface area contributed by atoms with E-state index >= 15 is 0 Å². The van der Waals surface area contributed by atoms with Gasteiger partial charge in [-0.1, -0.05) is 60.7 Å². The summed E-state index contributed by atoms with van der Waals surface area (Å²) in [6, 6.07) is 19.2. The highest BCUT2D eigenvalue weighted by molar-refractivity contribution is 5.63. The second-order valence-corrected chi connectivity index (χ2v) is 4.14. The molecule has 0 spiro atoms. The van der Waals surface area contributed by atoms with Crippen LogP contribution in [0.5, 0.6) is 0 Å². The molecule has 0 aliphatic rings. The highest BCUT2D eigenvalue weighted by atomic mass is 19.1. The maximum absolute atomic E-state index is 14.0. The fourth-order valence-corrected chi connectivity index (χ4v) is 1.68. The Morgan fingerprint density at radius 2 is 1.22 bits per heavy atom. The summed E-state index contributed by atoms with van der Waals surface area (Å²) in [6.45, 7) is 1.78. The third-order valence-electron chi connectivity index (χ3n) is 2.65. The molecule has 90 valence electrons. The van der Waals surface area contributed by atoms with Crippen molar-refractivity contribution in [1.29, 1.82) is 0 Å². The molecule has 2 aromatic carbocycles. The Kier molecular flexibility index (Phi) is 4.08. The van der Waals surface area contributed by atoms with Gasteiger partial charge in [0, 0.05) is 0 Å². The highest BCUT2D eigenvalue weighted by Crippen LogP contribution is 2.18. The molecule has 0 atom stereocenters. The van der Waals surface area contributed by atoms with E-state index in [1.165, 1.54) is 0 Å². The predicted octanol–water partition coefficient (Wildman–Crippen LogP) is 5.10. The first-order chi connectivity index (χ1) is 8.75. The van der Waals surface area contributed by atoms with Crippen LogP contribution < -0.4 is 0 Å². The normalized spacial score (nSPS) is 12.6. The van der Waals surface area contributed by atoms with Crippen LogP contribution in [-0.2, 0) is 0 Å². The lowest BCUT2D eigenvalue weighted by Gasteiger charge is -1.99. The maximum Gasteiger partial charge on any atom is 0.126 e. The molecule has 0 aliphatic heterocycles. The van der Waals surface area contributed by atoms with E-state index in [1.807, 2.05) is 66.7 Å². The molecule has 0 N–H and O–H groups in total. The molecule has 0 saturated heterocycles. The molecule has 0 aromatic heterocycles. The minimum Gasteiger partial charge on any atom is -0.207 e. The average Bonchev–Trinajstić information content (AvgIpc) is 2.41. The van der Waals surface area contributed by atoms with Crippen molar-refractivity contribution in [3.8, 4) is 0 Å². The third-order valence-corrected chi connectivity index (χ3v) is 2.65. The van der Waals surface area contributed by atoms with Gasteiger partial charge in [0.1, 0.15) is 5.83 Å². The summed E-state index contributed by atoms with van der Waals surface area (Å²) < 4.78 is 14.0. The molecule has 0 heterocycles. The SMILES string of the molecule is CC(=Cc1ccccc1)C(F)=Cc1ccccc1. The Morgan fingerprint density at radius 3 is 1.72 bits per heavy atom. The Hall–Kier alpha value is -2.15. The van der Waals surface area contributed by atoms with E-state index in [9.17, 15) is 4.39 Å². The minimum atomic E-state index is -0.204. The van der Waals surface area contributed by atoms with Gasteiger partial charge >= 0.3 is 0 Å². The van der Waals surface area contributed by atoms with Crippen molar-refractivity contribution < 1.29 is 4.39 Å². The average molecular weight is 238 g/mol. The monoisotopic (exact) mass is 238 g/mol. The van der Waals surface area contributed by atoms with Crippen LogP contribution in [0.4, 0.5) is 4.39 Å². The van der Waals surface area contributed by atoms with Gasteiger partial charge in [0.25, 0.3) is 0 Å². The number of hydrogen-bond acceptors (Lipinski definition) is 0. The molecule has 2 rings (SSSR count). The molecule has 1 heteroatoms. The van der Waals surface area contributed by atoms with Crippen LogP contribution >= 0.6 is 0 Å². The lowest BCUT2D eigenvalue weighted by Crippen LogP contribution is -1.80. The van der Waals surface area contributed by atoms with E-state index in [2.05, 4.69) is 0 Å². The van der Waals surface area contributed by atoms with Crippen LogP contribution in [0.3, 0.4) is 0 Å². The van der Waals surface area contributed by atoms with Gasteiger partial charge < -0.3 is 0 Å². The van der Waals surface area contributed by atoms with Crippen LogP contribution in [0.25, 0.3) is 12.2 Å². The van der Waals surface area contributed by atoms with E-state index in [4.69, 9.17) is 0 Å². The summed E-state index contributed by atoms with van der Waals surface area (Å²) in [5.74, 6) is -0.204. The van der Waals surface area contributed by atoms with E-state index in [-0.39, 0.29) is 5.83 Å². The molecule has 0 bridgehead atoms. The molecule has 0 aliphatic carbocycles. The third kappa shape index (κ3) is 3.42. The zero-order valence-corrected chi connectivity index (χ0v) is 10.3. The number of benzene rings is 2. The molecule has 0 amide bonds. The molecule has 0 unspecified atom stereocenters. The molecule has 18 heavy (non-hydrogen) atoms. The van der Waals surface area contributed by atoms with Crippen LogP contribution in [0, 0.1) is 0 Å². The largest absolute Gasteiger partial charge is 0.207 e. The molecule has 0 fully saturated rings. The molecular formula is C17H15F. The zero-order valence-electron chi connectivity index (χ0n) is 10.3. The number of allylic oxidation sites excluding steroid dienone is 2. The van der Waals surface area contributed by atoms with Gasteiger partial charge in [0.05, 0.1) is 0 Å². The number of halogens is 1. The quantitative estimate of drug-likeness (QED) is 0.652. The van der Waals surface area contributed by atoms with Gasteiger partial charge in [-0.2, -0.15) is 0 Å². The van der Waals surface area contributed by atoms with Crippen LogP contribution in [0.1, 0.15) is 18.1 Å². The van der Waals surface area contributed by atoms with Crippen molar-refractivity contribution in [2.75, 3.05) is 0 Å². The molecule has 0 nitrogen and oxygen atoms in total. The van der Waals surface area contributed by atoms with Crippen molar-refractivity contribution >= 4 is 12.2 Å². The minimum absolute atomic E-state index is 0.204. The summed E-state index contributed by atoms with van der Waals surface area (Å²) >= 11 is 0. The maximum atomic E-state index is 14.0. The number of rotatable bonds is 3. The summed E-state index contributed by atoms with van der Waals surface area (Å²) in [4.78, 5) is 0. The predicted molar refractivity (Wildman–Crippen MR) is 75.6 cm³/mol. The van der Waals surface area contributed by atoms with Crippen molar-refractivity contribution in [3.05, 3.63) is 83.2 Å². The highest BCUT2D eigenvalue weighted by Gasteiger charge is 1.99. The Labute approximate surface area is 107 Å². The fourth-order valence-electron chi connectivity index (χ4n) is 1.68. The van der Waals surface area contributed by atoms with Gasteiger partial charge in [-0.25, -0.2) is 4.39 Å². The zero-order chi connectivity index (χ0) is 12.8. The first-order valence-corrected chi connectivity index (χ1v) is 5.92. The van der Waals surface area contributed by atoms with E-state index in [0.717, 1.165) is 11.1 Å². The summed E-state index contributed by atoms with van der Waals surface area (Å²) in [5, 5.41) is 0. The standard InChI is InChI=1S/C17H15F/c1-14(12-15-8-4-2-5-9-15)17(18)13-16-10-6-3-7-11-16/h2-13H,1H3. The second-order valence-electron chi connectivity index (χ2n) is 4.14. The van der Waals surface area contributed by atoms with Gasteiger partial charge in [0.15, 0.2) is 0 Å². The van der Waals surface area contributed by atoms with Crippen molar-refractivity contribution in [3.63, 3.8) is 0 Å². The first-order valence-electron chi connectivity index (χ1n) is 5.92. The van der Waals surface area contributed by atoms with E-state index < -0.39 is 0 Å². The molecular weight excluding hydrogens is 223 g/mol. The molecule has 0 saturated carbocycles. The van der Waals surface area contributed by atoms with E-state index in [0.29, 0.717) is 5.57 Å². The van der Waals surface area contributed by atoms with Crippen LogP contribution in [0.15, 0.2) is 72.1 Å². The Bertz CT molecular complexity index is 497. The summed E-state index contributed by atoms with van der Waals surface area (Å²) in [7, 11) is 0. The first kappa shape index (κ1) is 12.3. The Balaban J connectivity index is 2.21. The van der Waals surface area contributed by atoms with Gasteiger partial charge in [0.2, 0.25) is 0 Å². The van der Waals surface area contributed by atoms with Gasteiger partial charge in [-0.3, -0.25) is 0 Å².